The van der Waals surface area contributed by atoms with E-state index in [1.54, 1.807) is 22.7 Å². The number of hydrogen-bond donors (Lipinski definition) is 0. The van der Waals surface area contributed by atoms with Crippen LogP contribution in [0.5, 0.6) is 0 Å². The molecule has 28 heavy (non-hydrogen) atoms. The van der Waals surface area contributed by atoms with Gasteiger partial charge in [-0.05, 0) is 13.0 Å². The molecule has 0 saturated carbocycles. The summed E-state index contributed by atoms with van der Waals surface area (Å²) >= 11 is 0. The monoisotopic (exact) mass is 379 g/mol. The third kappa shape index (κ3) is 3.17. The molecule has 1 aliphatic heterocycles. The van der Waals surface area contributed by atoms with Gasteiger partial charge in [0.25, 0.3) is 0 Å². The zero-order valence-electron chi connectivity index (χ0n) is 15.8. The fraction of sp³-hybridized carbons (Fsp3) is 0.300. The van der Waals surface area contributed by atoms with Gasteiger partial charge in [-0.3, -0.25) is 14.5 Å². The van der Waals surface area contributed by atoms with Crippen molar-refractivity contribution in [3.63, 3.8) is 0 Å². The van der Waals surface area contributed by atoms with E-state index in [1.165, 1.54) is 6.20 Å². The summed E-state index contributed by atoms with van der Waals surface area (Å²) in [4.78, 5) is 33.4. The maximum atomic E-state index is 12.8. The first-order chi connectivity index (χ1) is 13.6. The Morgan fingerprint density at radius 1 is 1.21 bits per heavy atom. The molecule has 8 heteroatoms. The second kappa shape index (κ2) is 7.30. The van der Waals surface area contributed by atoms with Gasteiger partial charge in [-0.1, -0.05) is 18.2 Å². The smallest absolute Gasteiger partial charge is 0.341 e. The van der Waals surface area contributed by atoms with E-state index in [1.807, 2.05) is 42.4 Å². The first-order valence-electron chi connectivity index (χ1n) is 9.17. The number of benzene rings is 1. The van der Waals surface area contributed by atoms with Crippen LogP contribution in [0.3, 0.4) is 0 Å². The van der Waals surface area contributed by atoms with E-state index in [9.17, 15) is 9.59 Å². The van der Waals surface area contributed by atoms with Crippen LogP contribution in [0.15, 0.2) is 42.9 Å². The van der Waals surface area contributed by atoms with E-state index in [4.69, 9.17) is 4.74 Å². The summed E-state index contributed by atoms with van der Waals surface area (Å²) in [5, 5.41) is 4.97. The third-order valence-corrected chi connectivity index (χ3v) is 4.78. The number of carbonyl (C=O) groups excluding carboxylic acids is 2. The van der Waals surface area contributed by atoms with Crippen molar-refractivity contribution in [3.8, 4) is 0 Å². The lowest BCUT2D eigenvalue weighted by molar-refractivity contribution is -0.117. The number of pyridine rings is 1. The Hall–Kier alpha value is -3.42. The van der Waals surface area contributed by atoms with Gasteiger partial charge < -0.3 is 14.5 Å². The summed E-state index contributed by atoms with van der Waals surface area (Å²) in [6.45, 7) is 3.29. The molecule has 1 saturated heterocycles. The second-order valence-corrected chi connectivity index (χ2v) is 6.60. The van der Waals surface area contributed by atoms with Gasteiger partial charge in [0.1, 0.15) is 5.56 Å². The highest BCUT2D eigenvalue weighted by Gasteiger charge is 2.30. The van der Waals surface area contributed by atoms with Crippen molar-refractivity contribution in [2.24, 2.45) is 7.05 Å². The van der Waals surface area contributed by atoms with Crippen LogP contribution in [-0.4, -0.2) is 52.9 Å². The number of nitrogens with zero attached hydrogens (tertiary/aromatic N) is 5. The van der Waals surface area contributed by atoms with E-state index in [-0.39, 0.29) is 19.1 Å². The predicted molar refractivity (Wildman–Crippen MR) is 105 cm³/mol. The summed E-state index contributed by atoms with van der Waals surface area (Å²) in [7, 11) is 1.82. The minimum atomic E-state index is -0.433. The van der Waals surface area contributed by atoms with Crippen LogP contribution in [0.25, 0.3) is 10.9 Å². The van der Waals surface area contributed by atoms with Crippen molar-refractivity contribution in [3.05, 3.63) is 48.4 Å². The molecule has 0 aliphatic carbocycles. The van der Waals surface area contributed by atoms with E-state index in [0.717, 1.165) is 16.6 Å². The summed E-state index contributed by atoms with van der Waals surface area (Å²) in [6, 6.07) is 7.60. The van der Waals surface area contributed by atoms with Crippen LogP contribution in [0.1, 0.15) is 17.3 Å². The van der Waals surface area contributed by atoms with Gasteiger partial charge in [0, 0.05) is 37.9 Å². The maximum Gasteiger partial charge on any atom is 0.341 e. The average Bonchev–Trinajstić information content (AvgIpc) is 3.13. The highest BCUT2D eigenvalue weighted by molar-refractivity contribution is 6.07. The van der Waals surface area contributed by atoms with E-state index in [2.05, 4.69) is 10.1 Å². The quantitative estimate of drug-likeness (QED) is 0.645. The second-order valence-electron chi connectivity index (χ2n) is 6.60. The molecule has 0 N–H and O–H groups in total. The predicted octanol–water partition coefficient (Wildman–Crippen LogP) is 2.00. The molecular weight excluding hydrogens is 358 g/mol. The molecule has 144 valence electrons. The van der Waals surface area contributed by atoms with Gasteiger partial charge >= 0.3 is 5.97 Å². The van der Waals surface area contributed by atoms with Crippen molar-refractivity contribution < 1.29 is 14.3 Å². The summed E-state index contributed by atoms with van der Waals surface area (Å²) in [6.07, 6.45) is 5.03. The number of anilines is 2. The number of ether oxygens (including phenoxy) is 1. The van der Waals surface area contributed by atoms with Crippen molar-refractivity contribution in [2.45, 2.75) is 6.92 Å². The average molecular weight is 379 g/mol. The fourth-order valence-electron chi connectivity index (χ4n) is 3.51. The highest BCUT2D eigenvalue weighted by Crippen LogP contribution is 2.31. The molecular formula is C20H21N5O3. The van der Waals surface area contributed by atoms with Crippen LogP contribution in [0.2, 0.25) is 0 Å². The van der Waals surface area contributed by atoms with Gasteiger partial charge in [0.05, 0.1) is 36.2 Å². The third-order valence-electron chi connectivity index (χ3n) is 4.78. The Bertz CT molecular complexity index is 1050. The molecule has 1 fully saturated rings. The Kier molecular flexibility index (Phi) is 4.68. The number of para-hydroxylation sites is 1. The van der Waals surface area contributed by atoms with Crippen LogP contribution in [-0.2, 0) is 16.6 Å². The number of aryl methyl sites for hydroxylation is 1. The molecule has 2 aromatic heterocycles. The molecule has 0 spiro atoms. The Morgan fingerprint density at radius 3 is 2.75 bits per heavy atom. The topological polar surface area (TPSA) is 80.6 Å². The molecule has 3 heterocycles. The molecule has 0 atom stereocenters. The van der Waals surface area contributed by atoms with Crippen molar-refractivity contribution in [2.75, 3.05) is 36.0 Å². The molecule has 8 nitrogen and oxygen atoms in total. The zero-order chi connectivity index (χ0) is 19.7. The number of fused-ring (bicyclic) bond motifs is 1. The molecule has 0 radical (unpaired) electrons. The zero-order valence-corrected chi connectivity index (χ0v) is 15.8. The Morgan fingerprint density at radius 2 is 2.04 bits per heavy atom. The van der Waals surface area contributed by atoms with Gasteiger partial charge in [-0.15, -0.1) is 0 Å². The van der Waals surface area contributed by atoms with Gasteiger partial charge in [0.15, 0.2) is 0 Å². The normalized spacial score (nSPS) is 14.6. The van der Waals surface area contributed by atoms with Gasteiger partial charge in [-0.2, -0.15) is 5.10 Å². The number of carbonyl (C=O) groups is 2. The Labute approximate surface area is 162 Å². The molecule has 0 bridgehead atoms. The number of hydrogen-bond acceptors (Lipinski definition) is 6. The molecule has 1 amide bonds. The van der Waals surface area contributed by atoms with Gasteiger partial charge in [-0.25, -0.2) is 4.79 Å². The first kappa shape index (κ1) is 18.0. The minimum Gasteiger partial charge on any atom is -0.462 e. The van der Waals surface area contributed by atoms with Crippen LogP contribution < -0.4 is 9.80 Å². The lowest BCUT2D eigenvalue weighted by atomic mass is 10.1. The van der Waals surface area contributed by atoms with E-state index >= 15 is 0 Å². The number of esters is 1. The van der Waals surface area contributed by atoms with Crippen molar-refractivity contribution >= 4 is 34.2 Å². The van der Waals surface area contributed by atoms with Gasteiger partial charge in [0.2, 0.25) is 5.91 Å². The fourth-order valence-corrected chi connectivity index (χ4v) is 3.51. The number of aromatic nitrogens is 3. The SMILES string of the molecule is CCOC(=O)c1cnc2ccccc2c1N1CCN(c2cnn(C)c2)C(=O)C1. The number of piperazine rings is 1. The van der Waals surface area contributed by atoms with Crippen LogP contribution >= 0.6 is 0 Å². The number of amides is 1. The van der Waals surface area contributed by atoms with Crippen molar-refractivity contribution in [1.82, 2.24) is 14.8 Å². The Balaban J connectivity index is 1.71. The molecule has 4 rings (SSSR count). The molecule has 1 aliphatic rings. The molecule has 3 aromatic rings. The lowest BCUT2D eigenvalue weighted by Gasteiger charge is -2.36. The molecule has 1 aromatic carbocycles. The van der Waals surface area contributed by atoms with E-state index < -0.39 is 5.97 Å². The van der Waals surface area contributed by atoms with E-state index in [0.29, 0.717) is 24.3 Å². The van der Waals surface area contributed by atoms with Crippen molar-refractivity contribution in [1.29, 1.82) is 0 Å². The summed E-state index contributed by atoms with van der Waals surface area (Å²) < 4.78 is 6.89. The number of rotatable bonds is 4. The standard InChI is InChI=1S/C20H21N5O3/c1-3-28-20(27)16-11-21-17-7-5-4-6-15(17)19(16)24-8-9-25(18(26)13-24)14-10-22-23(2)12-14/h4-7,10-12H,3,8-9,13H2,1-2H3. The van der Waals surface area contributed by atoms with Crippen LogP contribution in [0, 0.1) is 0 Å². The lowest BCUT2D eigenvalue weighted by Crippen LogP contribution is -2.51. The largest absolute Gasteiger partial charge is 0.462 e. The minimum absolute atomic E-state index is 0.0463. The molecule has 0 unspecified atom stereocenters. The first-order valence-corrected chi connectivity index (χ1v) is 9.17. The summed E-state index contributed by atoms with van der Waals surface area (Å²) in [5.41, 5.74) is 2.62. The summed E-state index contributed by atoms with van der Waals surface area (Å²) in [5.74, 6) is -0.479. The maximum absolute atomic E-state index is 12.8. The highest BCUT2D eigenvalue weighted by atomic mass is 16.5. The van der Waals surface area contributed by atoms with Crippen LogP contribution in [0.4, 0.5) is 11.4 Å².